The van der Waals surface area contributed by atoms with E-state index >= 15 is 0 Å². The Hall–Kier alpha value is -0.110. The number of hydrogen-bond donors (Lipinski definition) is 0. The Morgan fingerprint density at radius 1 is 1.12 bits per heavy atom. The SMILES string of the molecule is [Hf+2]=[N]c1ccccc1. The third-order valence-electron chi connectivity index (χ3n) is 0.885. The number of nitrogens with zero attached hydrogens (tertiary/aromatic N) is 1. The molecule has 0 aliphatic rings. The fourth-order valence-electron chi connectivity index (χ4n) is 0.503. The van der Waals surface area contributed by atoms with Gasteiger partial charge in [-0.05, 0) is 0 Å². The van der Waals surface area contributed by atoms with E-state index in [2.05, 4.69) is 2.92 Å². The van der Waals surface area contributed by atoms with Crippen LogP contribution in [0.1, 0.15) is 0 Å². The minimum absolute atomic E-state index is 0.902. The summed E-state index contributed by atoms with van der Waals surface area (Å²) in [5.41, 5.74) is 1.10. The first-order valence-electron chi connectivity index (χ1n) is 2.36. The van der Waals surface area contributed by atoms with Crippen molar-refractivity contribution >= 4 is 5.69 Å². The van der Waals surface area contributed by atoms with Crippen molar-refractivity contribution in [3.05, 3.63) is 30.3 Å². The van der Waals surface area contributed by atoms with Crippen molar-refractivity contribution in [2.24, 2.45) is 2.92 Å². The van der Waals surface area contributed by atoms with Crippen molar-refractivity contribution in [3.8, 4) is 0 Å². The molecule has 1 aromatic carbocycles. The van der Waals surface area contributed by atoms with Gasteiger partial charge in [-0.2, -0.15) is 0 Å². The summed E-state index contributed by atoms with van der Waals surface area (Å²) in [4.78, 5) is 0. The van der Waals surface area contributed by atoms with Gasteiger partial charge in [0.2, 0.25) is 0 Å². The van der Waals surface area contributed by atoms with E-state index < -0.39 is 0 Å². The molecule has 0 spiro atoms. The van der Waals surface area contributed by atoms with Crippen molar-refractivity contribution < 1.29 is 24.2 Å². The molecule has 2 heteroatoms. The van der Waals surface area contributed by atoms with E-state index in [-0.39, 0.29) is 0 Å². The zero-order chi connectivity index (χ0) is 5.82. The number of benzene rings is 1. The second kappa shape index (κ2) is 3.02. The zero-order valence-electron chi connectivity index (χ0n) is 4.33. The van der Waals surface area contributed by atoms with Crippen LogP contribution in [-0.4, -0.2) is 0 Å². The Morgan fingerprint density at radius 2 is 1.75 bits per heavy atom. The second-order valence-corrected chi connectivity index (χ2v) is 2.25. The van der Waals surface area contributed by atoms with E-state index in [0.29, 0.717) is 0 Å². The molecule has 0 bridgehead atoms. The van der Waals surface area contributed by atoms with E-state index in [4.69, 9.17) is 0 Å². The van der Waals surface area contributed by atoms with Crippen molar-refractivity contribution in [2.45, 2.75) is 0 Å². The predicted octanol–water partition coefficient (Wildman–Crippen LogP) is 2.05. The summed E-state index contributed by atoms with van der Waals surface area (Å²) < 4.78 is 4.11. The molecule has 0 unspecified atom stereocenters. The molecule has 36 valence electrons. The summed E-state index contributed by atoms with van der Waals surface area (Å²) in [6, 6.07) is 10.0. The van der Waals surface area contributed by atoms with Crippen LogP contribution in [0.5, 0.6) is 0 Å². The molecule has 0 atom stereocenters. The van der Waals surface area contributed by atoms with Gasteiger partial charge in [0.1, 0.15) is 0 Å². The maximum atomic E-state index is 4.11. The van der Waals surface area contributed by atoms with Gasteiger partial charge in [0, 0.05) is 0 Å². The molecule has 0 saturated heterocycles. The van der Waals surface area contributed by atoms with Crippen LogP contribution in [0.3, 0.4) is 0 Å². The van der Waals surface area contributed by atoms with Crippen LogP contribution in [0.15, 0.2) is 33.2 Å². The van der Waals surface area contributed by atoms with Crippen LogP contribution < -0.4 is 0 Å². The van der Waals surface area contributed by atoms with Crippen molar-refractivity contribution in [1.29, 1.82) is 0 Å². The standard InChI is InChI=1S/C6H5N.Hf/c7-6-4-2-1-3-5-6;/h1-5H;/q;+2. The Morgan fingerprint density at radius 3 is 2.12 bits per heavy atom. The molecule has 0 radical (unpaired) electrons. The molecule has 8 heavy (non-hydrogen) atoms. The molecule has 0 amide bonds. The Kier molecular flexibility index (Phi) is 2.27. The van der Waals surface area contributed by atoms with Gasteiger partial charge in [0.15, 0.2) is 0 Å². The number of rotatable bonds is 1. The molecule has 0 N–H and O–H groups in total. The molecule has 0 aliphatic carbocycles. The maximum absolute atomic E-state index is 4.11. The number of hydrogen-bond acceptors (Lipinski definition) is 1. The summed E-state index contributed by atoms with van der Waals surface area (Å²) in [5.74, 6) is 0. The Balaban J connectivity index is 2.99. The molecular weight excluding hydrogens is 265 g/mol. The van der Waals surface area contributed by atoms with E-state index in [1.54, 1.807) is 0 Å². The van der Waals surface area contributed by atoms with Crippen molar-refractivity contribution in [3.63, 3.8) is 0 Å². The summed E-state index contributed by atoms with van der Waals surface area (Å²) in [7, 11) is 0. The molecule has 0 aliphatic heterocycles. The average Bonchev–Trinajstić information content (AvgIpc) is 1.90. The predicted molar refractivity (Wildman–Crippen MR) is 28.5 cm³/mol. The fourth-order valence-corrected chi connectivity index (χ4v) is 1.04. The summed E-state index contributed by atoms with van der Waals surface area (Å²) in [5, 5.41) is 0. The van der Waals surface area contributed by atoms with Gasteiger partial charge in [-0.1, -0.05) is 0 Å². The molecule has 0 aromatic heterocycles. The average molecular weight is 270 g/mol. The van der Waals surface area contributed by atoms with Crippen LogP contribution in [0.4, 0.5) is 5.69 Å². The van der Waals surface area contributed by atoms with Crippen LogP contribution in [0.25, 0.3) is 0 Å². The van der Waals surface area contributed by atoms with Gasteiger partial charge in [0.25, 0.3) is 0 Å². The van der Waals surface area contributed by atoms with Gasteiger partial charge >= 0.3 is 63.1 Å². The van der Waals surface area contributed by atoms with E-state index in [0.717, 1.165) is 29.9 Å². The molecule has 0 heterocycles. The Bertz CT molecular complexity index is 171. The van der Waals surface area contributed by atoms with E-state index in [9.17, 15) is 0 Å². The fraction of sp³-hybridized carbons (Fsp3) is 0. The molecule has 0 fully saturated rings. The molecule has 1 rings (SSSR count). The van der Waals surface area contributed by atoms with Crippen LogP contribution in [-0.2, 0) is 24.2 Å². The Labute approximate surface area is 63.2 Å². The van der Waals surface area contributed by atoms with Gasteiger partial charge in [-0.3, -0.25) is 0 Å². The van der Waals surface area contributed by atoms with Gasteiger partial charge in [0.05, 0.1) is 0 Å². The van der Waals surface area contributed by atoms with Crippen LogP contribution in [0, 0.1) is 0 Å². The van der Waals surface area contributed by atoms with Crippen LogP contribution in [0.2, 0.25) is 0 Å². The first-order valence-corrected chi connectivity index (χ1v) is 3.96. The molecule has 1 nitrogen and oxygen atoms in total. The second-order valence-electron chi connectivity index (χ2n) is 1.45. The molecule has 1 aromatic rings. The third-order valence-corrected chi connectivity index (χ3v) is 1.81. The first kappa shape index (κ1) is 6.02. The first-order chi connectivity index (χ1) is 3.93. The minimum atomic E-state index is 0.902. The van der Waals surface area contributed by atoms with Crippen molar-refractivity contribution in [2.75, 3.05) is 0 Å². The molecular formula is C6H5HfN+2. The molecule has 0 saturated carbocycles. The summed E-state index contributed by atoms with van der Waals surface area (Å²) >= 11 is 0.902. The van der Waals surface area contributed by atoms with Gasteiger partial charge < -0.3 is 0 Å². The van der Waals surface area contributed by atoms with Gasteiger partial charge in [-0.15, -0.1) is 0 Å². The van der Waals surface area contributed by atoms with Gasteiger partial charge in [-0.25, -0.2) is 0 Å². The topological polar surface area (TPSA) is 12.4 Å². The third kappa shape index (κ3) is 1.44. The van der Waals surface area contributed by atoms with E-state index in [1.807, 2.05) is 30.3 Å². The quantitative estimate of drug-likeness (QED) is 0.692. The van der Waals surface area contributed by atoms with Crippen LogP contribution >= 0.6 is 0 Å². The van der Waals surface area contributed by atoms with E-state index in [1.165, 1.54) is 0 Å². The summed E-state index contributed by atoms with van der Waals surface area (Å²) in [6.45, 7) is 0. The normalized spacial score (nSPS) is 8.75. The summed E-state index contributed by atoms with van der Waals surface area (Å²) in [6.07, 6.45) is 0. The zero-order valence-corrected chi connectivity index (χ0v) is 7.93. The monoisotopic (exact) mass is 271 g/mol. The van der Waals surface area contributed by atoms with Crippen molar-refractivity contribution in [1.82, 2.24) is 0 Å².